The highest BCUT2D eigenvalue weighted by Gasteiger charge is 2.23. The number of carbonyl (C=O) groups is 1. The average Bonchev–Trinajstić information content (AvgIpc) is 3.36. The van der Waals surface area contributed by atoms with Gasteiger partial charge in [0.25, 0.3) is 11.4 Å². The van der Waals surface area contributed by atoms with E-state index in [0.717, 1.165) is 5.56 Å². The Kier molecular flexibility index (Phi) is 6.33. The molecule has 178 valence electrons. The molecule has 0 aliphatic carbocycles. The summed E-state index contributed by atoms with van der Waals surface area (Å²) in [5, 5.41) is 4.59. The highest BCUT2D eigenvalue weighted by Crippen LogP contribution is 2.23. The number of para-hydroxylation sites is 1. The molecule has 5 rings (SSSR count). The topological polar surface area (TPSA) is 84.5 Å². The van der Waals surface area contributed by atoms with Gasteiger partial charge in [-0.1, -0.05) is 28.9 Å². The van der Waals surface area contributed by atoms with Crippen LogP contribution in [0, 0.1) is 5.82 Å². The number of hydrogen-bond acceptors (Lipinski definition) is 6. The lowest BCUT2D eigenvalue weighted by Gasteiger charge is -2.36. The molecular weight excluding hydrogens is 473 g/mol. The van der Waals surface area contributed by atoms with Gasteiger partial charge >= 0.3 is 0 Å². The predicted molar refractivity (Wildman–Crippen MR) is 130 cm³/mol. The number of piperazine rings is 1. The van der Waals surface area contributed by atoms with Crippen LogP contribution >= 0.6 is 11.6 Å². The molecule has 2 aromatic carbocycles. The van der Waals surface area contributed by atoms with Gasteiger partial charge in [0.05, 0.1) is 11.3 Å². The number of anilines is 1. The fourth-order valence-electron chi connectivity index (χ4n) is 3.99. The first-order valence-electron chi connectivity index (χ1n) is 11.1. The van der Waals surface area contributed by atoms with Gasteiger partial charge in [-0.2, -0.15) is 4.98 Å². The van der Waals surface area contributed by atoms with Gasteiger partial charge in [-0.25, -0.2) is 4.39 Å². The monoisotopic (exact) mass is 493 g/mol. The summed E-state index contributed by atoms with van der Waals surface area (Å²) in [6.07, 6.45) is 1.54. The van der Waals surface area contributed by atoms with Crippen LogP contribution in [0.15, 0.2) is 76.2 Å². The van der Waals surface area contributed by atoms with Crippen LogP contribution in [0.4, 0.5) is 10.1 Å². The minimum atomic E-state index is -0.315. The molecule has 10 heteroatoms. The van der Waals surface area contributed by atoms with Gasteiger partial charge in [-0.3, -0.25) is 9.59 Å². The first-order valence-corrected chi connectivity index (χ1v) is 11.4. The van der Waals surface area contributed by atoms with Gasteiger partial charge in [0, 0.05) is 49.0 Å². The molecule has 3 heterocycles. The molecule has 1 amide bonds. The highest BCUT2D eigenvalue weighted by atomic mass is 35.5. The van der Waals surface area contributed by atoms with Crippen molar-refractivity contribution in [2.45, 2.75) is 6.54 Å². The summed E-state index contributed by atoms with van der Waals surface area (Å²) in [6, 6.07) is 16.6. The van der Waals surface area contributed by atoms with Crippen molar-refractivity contribution >= 4 is 23.2 Å². The summed E-state index contributed by atoms with van der Waals surface area (Å²) in [7, 11) is 0. The van der Waals surface area contributed by atoms with E-state index in [4.69, 9.17) is 16.1 Å². The molecule has 0 unspecified atom stereocenters. The third kappa shape index (κ3) is 4.95. The maximum atomic E-state index is 14.1. The molecule has 0 N–H and O–H groups in total. The van der Waals surface area contributed by atoms with E-state index in [1.54, 1.807) is 53.4 Å². The molecule has 1 fully saturated rings. The molecule has 2 aromatic heterocycles. The Balaban J connectivity index is 1.27. The van der Waals surface area contributed by atoms with Gasteiger partial charge in [0.1, 0.15) is 12.4 Å². The van der Waals surface area contributed by atoms with Crippen LogP contribution in [0.25, 0.3) is 22.8 Å². The third-order valence-electron chi connectivity index (χ3n) is 5.89. The van der Waals surface area contributed by atoms with E-state index in [0.29, 0.717) is 48.3 Å². The molecule has 1 aliphatic rings. The molecule has 0 atom stereocenters. The zero-order valence-corrected chi connectivity index (χ0v) is 19.4. The first kappa shape index (κ1) is 22.8. The number of hydrogen-bond donors (Lipinski definition) is 0. The van der Waals surface area contributed by atoms with Crippen molar-refractivity contribution in [3.8, 4) is 22.8 Å². The Bertz CT molecular complexity index is 1410. The Morgan fingerprint density at radius 3 is 2.43 bits per heavy atom. The van der Waals surface area contributed by atoms with E-state index in [9.17, 15) is 14.0 Å². The number of pyridine rings is 1. The van der Waals surface area contributed by atoms with Crippen molar-refractivity contribution in [3.63, 3.8) is 0 Å². The van der Waals surface area contributed by atoms with Crippen LogP contribution in [0.3, 0.4) is 0 Å². The highest BCUT2D eigenvalue weighted by molar-refractivity contribution is 6.30. The van der Waals surface area contributed by atoms with E-state index in [-0.39, 0.29) is 29.7 Å². The quantitative estimate of drug-likeness (QED) is 0.421. The van der Waals surface area contributed by atoms with Crippen molar-refractivity contribution in [3.05, 3.63) is 88.1 Å². The van der Waals surface area contributed by atoms with Crippen molar-refractivity contribution in [2.75, 3.05) is 31.1 Å². The van der Waals surface area contributed by atoms with E-state index in [2.05, 4.69) is 10.1 Å². The average molecular weight is 494 g/mol. The summed E-state index contributed by atoms with van der Waals surface area (Å²) in [5.74, 6) is 0.147. The van der Waals surface area contributed by atoms with Crippen LogP contribution in [0.2, 0.25) is 5.02 Å². The second kappa shape index (κ2) is 9.71. The smallest absolute Gasteiger partial charge is 0.259 e. The number of halogens is 2. The van der Waals surface area contributed by atoms with Crippen molar-refractivity contribution in [2.24, 2.45) is 0 Å². The molecular formula is C25H21ClFN5O3. The van der Waals surface area contributed by atoms with Crippen molar-refractivity contribution in [1.82, 2.24) is 19.6 Å². The van der Waals surface area contributed by atoms with Gasteiger partial charge in [-0.15, -0.1) is 0 Å². The number of benzene rings is 2. The second-order valence-corrected chi connectivity index (χ2v) is 8.57. The Hall–Kier alpha value is -3.98. The summed E-state index contributed by atoms with van der Waals surface area (Å²) in [6.45, 7) is 1.78. The van der Waals surface area contributed by atoms with E-state index < -0.39 is 0 Å². The molecule has 1 aliphatic heterocycles. The summed E-state index contributed by atoms with van der Waals surface area (Å²) >= 11 is 5.93. The van der Waals surface area contributed by atoms with Gasteiger partial charge in [-0.05, 0) is 42.5 Å². The van der Waals surface area contributed by atoms with Gasteiger partial charge < -0.3 is 18.9 Å². The first-order chi connectivity index (χ1) is 17.0. The number of rotatable bonds is 5. The molecule has 0 radical (unpaired) electrons. The second-order valence-electron chi connectivity index (χ2n) is 8.13. The molecule has 0 saturated carbocycles. The van der Waals surface area contributed by atoms with Crippen LogP contribution in [-0.4, -0.2) is 51.7 Å². The van der Waals surface area contributed by atoms with E-state index >= 15 is 0 Å². The van der Waals surface area contributed by atoms with Crippen molar-refractivity contribution < 1.29 is 13.7 Å². The van der Waals surface area contributed by atoms with Crippen molar-refractivity contribution in [1.29, 1.82) is 0 Å². The van der Waals surface area contributed by atoms with Crippen LogP contribution in [0.1, 0.15) is 0 Å². The maximum absolute atomic E-state index is 14.1. The Labute approximate surface area is 205 Å². The molecule has 1 saturated heterocycles. The summed E-state index contributed by atoms with van der Waals surface area (Å²) in [4.78, 5) is 33.3. The molecule has 0 bridgehead atoms. The van der Waals surface area contributed by atoms with Crippen LogP contribution < -0.4 is 10.5 Å². The van der Waals surface area contributed by atoms with E-state index in [1.807, 2.05) is 4.90 Å². The normalized spacial score (nSPS) is 13.8. The third-order valence-corrected chi connectivity index (χ3v) is 6.14. The van der Waals surface area contributed by atoms with Gasteiger partial charge in [0.15, 0.2) is 0 Å². The lowest BCUT2D eigenvalue weighted by atomic mass is 10.2. The maximum Gasteiger partial charge on any atom is 0.259 e. The molecule has 8 nitrogen and oxygen atoms in total. The summed E-state index contributed by atoms with van der Waals surface area (Å²) in [5.41, 5.74) is 1.47. The summed E-state index contributed by atoms with van der Waals surface area (Å²) < 4.78 is 20.8. The largest absolute Gasteiger partial charge is 0.366 e. The minimum Gasteiger partial charge on any atom is -0.366 e. The minimum absolute atomic E-state index is 0.120. The lowest BCUT2D eigenvalue weighted by Crippen LogP contribution is -2.50. The number of nitrogens with zero attached hydrogens (tertiary/aromatic N) is 5. The van der Waals surface area contributed by atoms with Crippen LogP contribution in [-0.2, 0) is 11.3 Å². The number of amides is 1. The SMILES string of the molecule is O=C(Cn1cc(-c2nc(-c3ccc(Cl)cc3)no2)ccc1=O)N1CCN(c2ccccc2F)CC1. The Morgan fingerprint density at radius 2 is 1.69 bits per heavy atom. The number of aromatic nitrogens is 3. The number of carbonyl (C=O) groups excluding carboxylic acids is 1. The predicted octanol–water partition coefficient (Wildman–Crippen LogP) is 3.71. The Morgan fingerprint density at radius 1 is 0.971 bits per heavy atom. The van der Waals surface area contributed by atoms with Gasteiger partial charge in [0.2, 0.25) is 11.7 Å². The standard InChI is InChI=1S/C25H21ClFN5O3/c26-19-8-5-17(6-9-19)24-28-25(35-29-24)18-7-10-22(33)32(15-18)16-23(34)31-13-11-30(12-14-31)21-4-2-1-3-20(21)27/h1-10,15H,11-14,16H2. The lowest BCUT2D eigenvalue weighted by molar-refractivity contribution is -0.132. The van der Waals surface area contributed by atoms with E-state index in [1.165, 1.54) is 22.9 Å². The zero-order chi connectivity index (χ0) is 24.4. The zero-order valence-electron chi connectivity index (χ0n) is 18.6. The molecule has 0 spiro atoms. The van der Waals surface area contributed by atoms with Crippen LogP contribution in [0.5, 0.6) is 0 Å². The molecule has 4 aromatic rings. The fraction of sp³-hybridized carbons (Fsp3) is 0.200. The fourth-order valence-corrected chi connectivity index (χ4v) is 4.12. The molecule has 35 heavy (non-hydrogen) atoms.